The van der Waals surface area contributed by atoms with Crippen molar-refractivity contribution in [2.45, 2.75) is 25.2 Å². The third kappa shape index (κ3) is 4.05. The average Bonchev–Trinajstić information content (AvgIpc) is 2.85. The summed E-state index contributed by atoms with van der Waals surface area (Å²) in [5.41, 5.74) is 0.400. The highest BCUT2D eigenvalue weighted by molar-refractivity contribution is 7.91. The fraction of sp³-hybridized carbons (Fsp3) is 0.353. The van der Waals surface area contributed by atoms with Gasteiger partial charge in [-0.3, -0.25) is 4.79 Å². The summed E-state index contributed by atoms with van der Waals surface area (Å²) in [6.45, 7) is 3.63. The standard InChI is InChI=1S/C17H19ClFNO3S/c1-11(2)10-24(22,23)13-8-15(20(3)9-13)16(21)7-12-5-4-6-14(18)17(12)19/h4-6,8-9,11H,7,10H2,1-3H3. The predicted molar refractivity (Wildman–Crippen MR) is 91.7 cm³/mol. The summed E-state index contributed by atoms with van der Waals surface area (Å²) >= 11 is 5.72. The van der Waals surface area contributed by atoms with E-state index in [0.29, 0.717) is 0 Å². The molecule has 0 amide bonds. The molecule has 7 heteroatoms. The van der Waals surface area contributed by atoms with Crippen LogP contribution in [0.4, 0.5) is 4.39 Å². The van der Waals surface area contributed by atoms with Gasteiger partial charge in [-0.1, -0.05) is 37.6 Å². The molecule has 2 aromatic rings. The van der Waals surface area contributed by atoms with Crippen LogP contribution in [0.5, 0.6) is 0 Å². The number of sulfone groups is 1. The number of aryl methyl sites for hydroxylation is 1. The summed E-state index contributed by atoms with van der Waals surface area (Å²) in [5.74, 6) is -1.01. The number of halogens is 2. The first-order valence-electron chi connectivity index (χ1n) is 7.47. The van der Waals surface area contributed by atoms with E-state index in [4.69, 9.17) is 11.6 Å². The van der Waals surface area contributed by atoms with Crippen LogP contribution in [-0.4, -0.2) is 24.5 Å². The summed E-state index contributed by atoms with van der Waals surface area (Å²) in [7, 11) is -1.86. The number of ketones is 1. The van der Waals surface area contributed by atoms with Gasteiger partial charge in [0.25, 0.3) is 0 Å². The summed E-state index contributed by atoms with van der Waals surface area (Å²) < 4.78 is 40.0. The Morgan fingerprint density at radius 1 is 1.33 bits per heavy atom. The Kier molecular flexibility index (Phi) is 5.50. The monoisotopic (exact) mass is 371 g/mol. The molecular weight excluding hydrogens is 353 g/mol. The van der Waals surface area contributed by atoms with Gasteiger partial charge < -0.3 is 4.57 Å². The van der Waals surface area contributed by atoms with Crippen molar-refractivity contribution in [3.63, 3.8) is 0 Å². The second kappa shape index (κ2) is 7.07. The molecule has 1 aromatic carbocycles. The molecule has 2 rings (SSSR count). The number of carbonyl (C=O) groups is 1. The lowest BCUT2D eigenvalue weighted by Crippen LogP contribution is -2.11. The van der Waals surface area contributed by atoms with E-state index < -0.39 is 15.7 Å². The van der Waals surface area contributed by atoms with Crippen LogP contribution in [-0.2, 0) is 23.3 Å². The van der Waals surface area contributed by atoms with Crippen LogP contribution >= 0.6 is 11.6 Å². The maximum atomic E-state index is 13.9. The van der Waals surface area contributed by atoms with E-state index >= 15 is 0 Å². The van der Waals surface area contributed by atoms with E-state index in [1.165, 1.54) is 29.0 Å². The average molecular weight is 372 g/mol. The van der Waals surface area contributed by atoms with Crippen molar-refractivity contribution in [2.24, 2.45) is 13.0 Å². The van der Waals surface area contributed by atoms with Crippen molar-refractivity contribution in [3.8, 4) is 0 Å². The Morgan fingerprint density at radius 3 is 2.62 bits per heavy atom. The van der Waals surface area contributed by atoms with Crippen LogP contribution in [0.2, 0.25) is 5.02 Å². The third-order valence-corrected chi connectivity index (χ3v) is 5.90. The Balaban J connectivity index is 2.30. The van der Waals surface area contributed by atoms with Crippen molar-refractivity contribution in [3.05, 3.63) is 52.6 Å². The first-order valence-corrected chi connectivity index (χ1v) is 9.50. The van der Waals surface area contributed by atoms with Crippen molar-refractivity contribution in [1.82, 2.24) is 4.57 Å². The molecule has 0 bridgehead atoms. The quantitative estimate of drug-likeness (QED) is 0.728. The van der Waals surface area contributed by atoms with E-state index in [9.17, 15) is 17.6 Å². The zero-order chi connectivity index (χ0) is 18.1. The number of hydrogen-bond donors (Lipinski definition) is 0. The molecule has 0 N–H and O–H groups in total. The molecular formula is C17H19ClFNO3S. The van der Waals surface area contributed by atoms with Crippen molar-refractivity contribution in [2.75, 3.05) is 5.75 Å². The molecule has 0 radical (unpaired) electrons. The molecule has 0 unspecified atom stereocenters. The van der Waals surface area contributed by atoms with Crippen molar-refractivity contribution < 1.29 is 17.6 Å². The van der Waals surface area contributed by atoms with Gasteiger partial charge in [-0.05, 0) is 23.6 Å². The molecule has 1 aromatic heterocycles. The maximum absolute atomic E-state index is 13.9. The number of hydrogen-bond acceptors (Lipinski definition) is 3. The lowest BCUT2D eigenvalue weighted by molar-refractivity contribution is 0.0984. The van der Waals surface area contributed by atoms with Gasteiger partial charge in [0.15, 0.2) is 15.6 Å². The minimum absolute atomic E-state index is 0.00751. The molecule has 130 valence electrons. The fourth-order valence-corrected chi connectivity index (χ4v) is 4.34. The van der Waals surface area contributed by atoms with Gasteiger partial charge >= 0.3 is 0 Å². The van der Waals surface area contributed by atoms with Gasteiger partial charge in [-0.25, -0.2) is 12.8 Å². The lowest BCUT2D eigenvalue weighted by atomic mass is 10.1. The second-order valence-corrected chi connectivity index (χ2v) is 8.60. The smallest absolute Gasteiger partial charge is 0.183 e. The second-order valence-electron chi connectivity index (χ2n) is 6.16. The minimum atomic E-state index is -3.45. The molecule has 0 aliphatic carbocycles. The van der Waals surface area contributed by atoms with E-state index in [2.05, 4.69) is 0 Å². The van der Waals surface area contributed by atoms with Crippen LogP contribution in [0.1, 0.15) is 29.9 Å². The Morgan fingerprint density at radius 2 is 2.00 bits per heavy atom. The molecule has 0 saturated heterocycles. The number of nitrogens with zero attached hydrogens (tertiary/aromatic N) is 1. The molecule has 0 spiro atoms. The third-order valence-electron chi connectivity index (χ3n) is 3.56. The van der Waals surface area contributed by atoms with E-state index in [-0.39, 0.29) is 45.1 Å². The van der Waals surface area contributed by atoms with Gasteiger partial charge in [0.1, 0.15) is 5.82 Å². The highest BCUT2D eigenvalue weighted by atomic mass is 35.5. The van der Waals surface area contributed by atoms with Crippen molar-refractivity contribution in [1.29, 1.82) is 0 Å². The lowest BCUT2D eigenvalue weighted by Gasteiger charge is -2.05. The van der Waals surface area contributed by atoms with E-state index in [0.717, 1.165) is 0 Å². The number of benzene rings is 1. The molecule has 0 aliphatic heterocycles. The normalized spacial score (nSPS) is 11.9. The Bertz CT molecular complexity index is 872. The maximum Gasteiger partial charge on any atom is 0.183 e. The zero-order valence-electron chi connectivity index (χ0n) is 13.7. The van der Waals surface area contributed by atoms with E-state index in [1.807, 2.05) is 13.8 Å². The van der Waals surface area contributed by atoms with Crippen LogP contribution < -0.4 is 0 Å². The van der Waals surface area contributed by atoms with Crippen molar-refractivity contribution >= 4 is 27.2 Å². The molecule has 0 atom stereocenters. The number of carbonyl (C=O) groups excluding carboxylic acids is 1. The number of Topliss-reactive ketones (excluding diaryl/α,β-unsaturated/α-hetero) is 1. The minimum Gasteiger partial charge on any atom is -0.347 e. The molecule has 24 heavy (non-hydrogen) atoms. The zero-order valence-corrected chi connectivity index (χ0v) is 15.3. The van der Waals surface area contributed by atoms with Crippen LogP contribution in [0.15, 0.2) is 35.4 Å². The highest BCUT2D eigenvalue weighted by Crippen LogP contribution is 2.22. The Labute approximate surface area is 146 Å². The van der Waals surface area contributed by atoms with Crippen LogP contribution in [0.3, 0.4) is 0 Å². The first-order chi connectivity index (χ1) is 11.1. The molecule has 0 saturated carbocycles. The number of aromatic nitrogens is 1. The molecule has 0 fully saturated rings. The fourth-order valence-electron chi connectivity index (χ4n) is 2.47. The SMILES string of the molecule is CC(C)CS(=O)(=O)c1cc(C(=O)Cc2cccc(Cl)c2F)n(C)c1. The van der Waals surface area contributed by atoms with Crippen LogP contribution in [0, 0.1) is 11.7 Å². The van der Waals surface area contributed by atoms with Gasteiger partial charge in [0.05, 0.1) is 21.4 Å². The summed E-state index contributed by atoms with van der Waals surface area (Å²) in [5, 5.41) is -0.0487. The largest absolute Gasteiger partial charge is 0.347 e. The van der Waals surface area contributed by atoms with Gasteiger partial charge in [-0.2, -0.15) is 0 Å². The summed E-state index contributed by atoms with van der Waals surface area (Å²) in [6.07, 6.45) is 1.23. The summed E-state index contributed by atoms with van der Waals surface area (Å²) in [6, 6.07) is 5.81. The highest BCUT2D eigenvalue weighted by Gasteiger charge is 2.22. The first kappa shape index (κ1) is 18.7. The van der Waals surface area contributed by atoms with Gasteiger partial charge in [0, 0.05) is 19.7 Å². The van der Waals surface area contributed by atoms with Crippen LogP contribution in [0.25, 0.3) is 0 Å². The number of rotatable bonds is 6. The molecule has 4 nitrogen and oxygen atoms in total. The Hall–Kier alpha value is -1.66. The van der Waals surface area contributed by atoms with Gasteiger partial charge in [-0.15, -0.1) is 0 Å². The predicted octanol–water partition coefficient (Wildman–Crippen LogP) is 3.67. The molecule has 0 aliphatic rings. The summed E-state index contributed by atoms with van der Waals surface area (Å²) in [4.78, 5) is 12.5. The topological polar surface area (TPSA) is 56.1 Å². The van der Waals surface area contributed by atoms with E-state index in [1.54, 1.807) is 13.1 Å². The van der Waals surface area contributed by atoms with Gasteiger partial charge in [0.2, 0.25) is 0 Å². The molecule has 1 heterocycles.